The highest BCUT2D eigenvalue weighted by atomic mass is 15.0. The molecule has 0 amide bonds. The van der Waals surface area contributed by atoms with E-state index in [9.17, 15) is 0 Å². The number of nitrogens with two attached hydrogens (primary N) is 1. The Morgan fingerprint density at radius 1 is 1.17 bits per heavy atom. The molecule has 1 aromatic carbocycles. The first-order valence-corrected chi connectivity index (χ1v) is 5.73. The lowest BCUT2D eigenvalue weighted by molar-refractivity contribution is 1.04. The number of rotatable bonds is 2. The van der Waals surface area contributed by atoms with Crippen molar-refractivity contribution >= 4 is 16.6 Å². The number of aromatic nitrogens is 2. The van der Waals surface area contributed by atoms with Gasteiger partial charge < -0.3 is 10.3 Å². The van der Waals surface area contributed by atoms with Crippen LogP contribution in [0.5, 0.6) is 0 Å². The van der Waals surface area contributed by atoms with Crippen LogP contribution in [0.3, 0.4) is 0 Å². The summed E-state index contributed by atoms with van der Waals surface area (Å²) in [5, 5.41) is 1.13. The third kappa shape index (κ3) is 1.66. The van der Waals surface area contributed by atoms with E-state index in [4.69, 9.17) is 5.73 Å². The number of pyridine rings is 1. The zero-order valence-corrected chi connectivity index (χ0v) is 9.88. The maximum Gasteiger partial charge on any atom is 0.137 e. The van der Waals surface area contributed by atoms with Crippen molar-refractivity contribution in [3.8, 4) is 5.82 Å². The smallest absolute Gasteiger partial charge is 0.137 e. The molecule has 3 nitrogen and oxygen atoms in total. The minimum atomic E-state index is 0.586. The summed E-state index contributed by atoms with van der Waals surface area (Å²) in [6, 6.07) is 14.0. The molecule has 3 aromatic rings. The molecule has 0 aliphatic heterocycles. The van der Waals surface area contributed by atoms with Gasteiger partial charge in [0, 0.05) is 23.5 Å². The van der Waals surface area contributed by atoms with Gasteiger partial charge in [0.05, 0.1) is 5.52 Å². The zero-order chi connectivity index (χ0) is 12.5. The van der Waals surface area contributed by atoms with Gasteiger partial charge in [0.15, 0.2) is 0 Å². The Bertz CT molecular complexity index is 711. The van der Waals surface area contributed by atoms with Gasteiger partial charge in [0.1, 0.15) is 5.82 Å². The van der Waals surface area contributed by atoms with Gasteiger partial charge in [-0.1, -0.05) is 18.7 Å². The maximum atomic E-state index is 5.71. The van der Waals surface area contributed by atoms with Gasteiger partial charge in [0.2, 0.25) is 0 Å². The molecule has 0 saturated heterocycles. The normalized spacial score (nSPS) is 10.7. The van der Waals surface area contributed by atoms with E-state index in [1.165, 1.54) is 0 Å². The second-order valence-corrected chi connectivity index (χ2v) is 4.17. The molecule has 0 aliphatic rings. The van der Waals surface area contributed by atoms with Gasteiger partial charge in [-0.05, 0) is 35.9 Å². The maximum absolute atomic E-state index is 5.71. The Hall–Kier alpha value is -2.55. The van der Waals surface area contributed by atoms with E-state index in [1.54, 1.807) is 6.20 Å². The molecule has 18 heavy (non-hydrogen) atoms. The lowest BCUT2D eigenvalue weighted by atomic mass is 10.1. The largest absolute Gasteiger partial charge is 0.399 e. The summed E-state index contributed by atoms with van der Waals surface area (Å²) >= 11 is 0. The van der Waals surface area contributed by atoms with Crippen molar-refractivity contribution in [1.29, 1.82) is 0 Å². The number of hydrogen-bond donors (Lipinski definition) is 1. The van der Waals surface area contributed by atoms with Crippen LogP contribution in [0, 0.1) is 0 Å². The molecule has 2 aromatic heterocycles. The van der Waals surface area contributed by atoms with E-state index in [1.807, 2.05) is 42.6 Å². The molecule has 3 heteroatoms. The second kappa shape index (κ2) is 4.04. The molecular formula is C15H13N3. The first kappa shape index (κ1) is 10.6. The average Bonchev–Trinajstić information content (AvgIpc) is 2.82. The van der Waals surface area contributed by atoms with Crippen LogP contribution < -0.4 is 5.73 Å². The Kier molecular flexibility index (Phi) is 2.38. The summed E-state index contributed by atoms with van der Waals surface area (Å²) in [5.74, 6) is 0.909. The minimum Gasteiger partial charge on any atom is -0.399 e. The highest BCUT2D eigenvalue weighted by molar-refractivity contribution is 5.85. The van der Waals surface area contributed by atoms with Gasteiger partial charge in [-0.15, -0.1) is 0 Å². The quantitative estimate of drug-likeness (QED) is 0.742. The fourth-order valence-corrected chi connectivity index (χ4v) is 2.04. The predicted octanol–water partition coefficient (Wildman–Crippen LogP) is 2.95. The van der Waals surface area contributed by atoms with Crippen molar-refractivity contribution in [3.05, 3.63) is 67.0 Å². The molecule has 0 bridgehead atoms. The summed E-state index contributed by atoms with van der Waals surface area (Å²) in [7, 11) is 0. The first-order chi connectivity index (χ1) is 8.75. The van der Waals surface area contributed by atoms with Crippen LogP contribution >= 0.6 is 0 Å². The van der Waals surface area contributed by atoms with Gasteiger partial charge in [0.25, 0.3) is 0 Å². The van der Waals surface area contributed by atoms with Crippen LogP contribution in [-0.2, 0) is 0 Å². The second-order valence-electron chi connectivity index (χ2n) is 4.17. The lowest BCUT2D eigenvalue weighted by Gasteiger charge is -2.05. The van der Waals surface area contributed by atoms with Crippen LogP contribution in [0.4, 0.5) is 0 Å². The van der Waals surface area contributed by atoms with Crippen molar-refractivity contribution in [3.63, 3.8) is 0 Å². The summed E-state index contributed by atoms with van der Waals surface area (Å²) in [6.07, 6.45) is 3.80. The molecule has 0 aliphatic carbocycles. The summed E-state index contributed by atoms with van der Waals surface area (Å²) < 4.78 is 2.05. The molecule has 0 unspecified atom stereocenters. The number of fused-ring (bicyclic) bond motifs is 1. The van der Waals surface area contributed by atoms with E-state index in [-0.39, 0.29) is 0 Å². The molecule has 0 radical (unpaired) electrons. The molecule has 0 atom stereocenters. The molecular weight excluding hydrogens is 222 g/mol. The molecule has 0 saturated carbocycles. The van der Waals surface area contributed by atoms with Crippen molar-refractivity contribution in [1.82, 2.24) is 9.55 Å². The van der Waals surface area contributed by atoms with E-state index in [2.05, 4.69) is 22.2 Å². The average molecular weight is 235 g/mol. The van der Waals surface area contributed by atoms with Crippen molar-refractivity contribution in [2.24, 2.45) is 5.73 Å². The van der Waals surface area contributed by atoms with Gasteiger partial charge in [-0.3, -0.25) is 0 Å². The highest BCUT2D eigenvalue weighted by Gasteiger charge is 2.04. The monoisotopic (exact) mass is 235 g/mol. The van der Waals surface area contributed by atoms with Crippen molar-refractivity contribution < 1.29 is 0 Å². The van der Waals surface area contributed by atoms with Gasteiger partial charge in [-0.25, -0.2) is 4.98 Å². The number of nitrogens with zero attached hydrogens (tertiary/aromatic N) is 2. The molecule has 2 heterocycles. The van der Waals surface area contributed by atoms with E-state index in [0.29, 0.717) is 5.70 Å². The molecule has 3 rings (SSSR count). The van der Waals surface area contributed by atoms with Crippen molar-refractivity contribution in [2.75, 3.05) is 0 Å². The van der Waals surface area contributed by atoms with Crippen molar-refractivity contribution in [2.45, 2.75) is 0 Å². The Labute approximate surface area is 105 Å². The van der Waals surface area contributed by atoms with E-state index in [0.717, 1.165) is 22.3 Å². The molecule has 2 N–H and O–H groups in total. The van der Waals surface area contributed by atoms with Crippen LogP contribution in [0.2, 0.25) is 0 Å². The predicted molar refractivity (Wildman–Crippen MR) is 74.3 cm³/mol. The molecule has 0 spiro atoms. The standard InChI is InChI=1S/C15H13N3/c1-11(16)12-5-6-14-13(10-12)7-9-18(14)15-4-2-3-8-17-15/h2-10H,1,16H2. The Morgan fingerprint density at radius 2 is 2.06 bits per heavy atom. The van der Waals surface area contributed by atoms with Crippen LogP contribution in [0.25, 0.3) is 22.4 Å². The summed E-state index contributed by atoms with van der Waals surface area (Å²) in [6.45, 7) is 3.76. The minimum absolute atomic E-state index is 0.586. The molecule has 88 valence electrons. The Balaban J connectivity index is 2.19. The van der Waals surface area contributed by atoms with Gasteiger partial charge >= 0.3 is 0 Å². The third-order valence-electron chi connectivity index (χ3n) is 2.96. The van der Waals surface area contributed by atoms with E-state index >= 15 is 0 Å². The summed E-state index contributed by atoms with van der Waals surface area (Å²) in [5.41, 5.74) is 8.36. The Morgan fingerprint density at radius 3 is 2.78 bits per heavy atom. The van der Waals surface area contributed by atoms with Crippen LogP contribution in [-0.4, -0.2) is 9.55 Å². The van der Waals surface area contributed by atoms with E-state index < -0.39 is 0 Å². The number of hydrogen-bond acceptors (Lipinski definition) is 2. The van der Waals surface area contributed by atoms with Crippen LogP contribution in [0.15, 0.2) is 61.4 Å². The first-order valence-electron chi connectivity index (χ1n) is 5.73. The third-order valence-corrected chi connectivity index (χ3v) is 2.96. The molecule has 0 fully saturated rings. The zero-order valence-electron chi connectivity index (χ0n) is 9.88. The fraction of sp³-hybridized carbons (Fsp3) is 0. The summed E-state index contributed by atoms with van der Waals surface area (Å²) in [4.78, 5) is 4.35. The van der Waals surface area contributed by atoms with Gasteiger partial charge in [-0.2, -0.15) is 0 Å². The topological polar surface area (TPSA) is 43.8 Å². The van der Waals surface area contributed by atoms with Crippen LogP contribution in [0.1, 0.15) is 5.56 Å². The lowest BCUT2D eigenvalue weighted by Crippen LogP contribution is -1.96. The SMILES string of the molecule is C=C(N)c1ccc2c(ccn2-c2ccccn2)c1. The highest BCUT2D eigenvalue weighted by Crippen LogP contribution is 2.22. The number of benzene rings is 1. The fourth-order valence-electron chi connectivity index (χ4n) is 2.04.